The molecule has 29 heavy (non-hydrogen) atoms. The number of hydrogen-bond donors (Lipinski definition) is 5. The molecule has 2 heterocycles. The van der Waals surface area contributed by atoms with Gasteiger partial charge in [0.25, 0.3) is 5.91 Å². The molecule has 0 fully saturated rings. The van der Waals surface area contributed by atoms with Crippen LogP contribution >= 0.6 is 0 Å². The molecular weight excluding hydrogens is 376 g/mol. The summed E-state index contributed by atoms with van der Waals surface area (Å²) in [6.45, 7) is 1.75. The van der Waals surface area contributed by atoms with Crippen molar-refractivity contribution in [3.8, 4) is 5.75 Å². The fraction of sp³-hybridized carbons (Fsp3) is 0.167. The number of anilines is 4. The van der Waals surface area contributed by atoms with Crippen LogP contribution in [-0.2, 0) is 18.4 Å². The minimum absolute atomic E-state index is 0.0634. The molecule has 2 aromatic heterocycles. The van der Waals surface area contributed by atoms with Crippen LogP contribution in [-0.4, -0.2) is 36.7 Å². The standard InChI is InChI=1S/C18H20N8O3/c1-10(27)23-12-3-4-15(28)14(5-12)24-18-21-8-13(16(19)29)17(25-18)20-6-11-7-22-26(2)9-11/h3-5,7-9,28H,6H2,1-2H3,(H2,19,29)(H,23,27)(H2,20,21,24,25). The summed E-state index contributed by atoms with van der Waals surface area (Å²) in [5.74, 6) is -0.631. The lowest BCUT2D eigenvalue weighted by Crippen LogP contribution is -2.17. The second kappa shape index (κ2) is 8.25. The molecule has 0 radical (unpaired) electrons. The lowest BCUT2D eigenvalue weighted by atomic mass is 10.2. The fourth-order valence-electron chi connectivity index (χ4n) is 2.54. The Morgan fingerprint density at radius 3 is 2.72 bits per heavy atom. The number of hydrogen-bond acceptors (Lipinski definition) is 8. The molecule has 6 N–H and O–H groups in total. The van der Waals surface area contributed by atoms with Gasteiger partial charge in [0.05, 0.1) is 17.4 Å². The number of nitrogens with one attached hydrogen (secondary N) is 3. The highest BCUT2D eigenvalue weighted by Crippen LogP contribution is 2.29. The van der Waals surface area contributed by atoms with E-state index in [0.717, 1.165) is 5.56 Å². The first-order chi connectivity index (χ1) is 13.8. The number of nitrogens with zero attached hydrogens (tertiary/aromatic N) is 4. The van der Waals surface area contributed by atoms with Crippen LogP contribution in [0, 0.1) is 0 Å². The molecule has 11 heteroatoms. The molecular formula is C18H20N8O3. The number of phenols is 1. The molecule has 0 aliphatic rings. The Kier molecular flexibility index (Phi) is 5.58. The van der Waals surface area contributed by atoms with E-state index in [4.69, 9.17) is 5.73 Å². The zero-order chi connectivity index (χ0) is 21.0. The Morgan fingerprint density at radius 1 is 1.28 bits per heavy atom. The van der Waals surface area contributed by atoms with Crippen LogP contribution in [0.2, 0.25) is 0 Å². The molecule has 1 aromatic carbocycles. The Labute approximate surface area is 166 Å². The van der Waals surface area contributed by atoms with Gasteiger partial charge < -0.3 is 26.8 Å². The number of carbonyl (C=O) groups is 2. The van der Waals surface area contributed by atoms with E-state index < -0.39 is 5.91 Å². The number of rotatable bonds is 7. The van der Waals surface area contributed by atoms with Crippen LogP contribution in [0.3, 0.4) is 0 Å². The van der Waals surface area contributed by atoms with Crippen LogP contribution < -0.4 is 21.7 Å². The van der Waals surface area contributed by atoms with Crippen molar-refractivity contribution < 1.29 is 14.7 Å². The largest absolute Gasteiger partial charge is 0.506 e. The molecule has 0 unspecified atom stereocenters. The molecule has 0 atom stereocenters. The summed E-state index contributed by atoms with van der Waals surface area (Å²) in [4.78, 5) is 31.3. The summed E-state index contributed by atoms with van der Waals surface area (Å²) < 4.78 is 1.66. The van der Waals surface area contributed by atoms with E-state index in [-0.39, 0.29) is 34.7 Å². The van der Waals surface area contributed by atoms with Gasteiger partial charge in [-0.1, -0.05) is 0 Å². The van der Waals surface area contributed by atoms with Crippen LogP contribution in [0.4, 0.5) is 23.1 Å². The number of aromatic nitrogens is 4. The third-order valence-electron chi connectivity index (χ3n) is 3.84. The van der Waals surface area contributed by atoms with E-state index in [1.165, 1.54) is 25.3 Å². The topological polar surface area (TPSA) is 160 Å². The van der Waals surface area contributed by atoms with Crippen molar-refractivity contribution in [3.05, 3.63) is 47.9 Å². The fourth-order valence-corrected chi connectivity index (χ4v) is 2.54. The summed E-state index contributed by atoms with van der Waals surface area (Å²) in [7, 11) is 1.80. The molecule has 150 valence electrons. The SMILES string of the molecule is CC(=O)Nc1ccc(O)c(Nc2ncc(C(N)=O)c(NCc3cnn(C)c3)n2)c1. The first-order valence-corrected chi connectivity index (χ1v) is 8.57. The molecule has 0 aliphatic heterocycles. The summed E-state index contributed by atoms with van der Waals surface area (Å²) in [5.41, 5.74) is 7.18. The second-order valence-corrected chi connectivity index (χ2v) is 6.23. The third kappa shape index (κ3) is 4.97. The molecule has 3 rings (SSSR count). The van der Waals surface area contributed by atoms with Crippen molar-refractivity contribution in [2.45, 2.75) is 13.5 Å². The zero-order valence-corrected chi connectivity index (χ0v) is 15.8. The predicted molar refractivity (Wildman–Crippen MR) is 107 cm³/mol. The molecule has 0 saturated carbocycles. The summed E-state index contributed by atoms with van der Waals surface area (Å²) in [5, 5.41) is 22.7. The lowest BCUT2D eigenvalue weighted by molar-refractivity contribution is -0.114. The molecule has 0 saturated heterocycles. The monoisotopic (exact) mass is 396 g/mol. The molecule has 0 spiro atoms. The van der Waals surface area contributed by atoms with Crippen molar-refractivity contribution in [1.82, 2.24) is 19.7 Å². The first kappa shape index (κ1) is 19.6. The maximum absolute atomic E-state index is 11.7. The van der Waals surface area contributed by atoms with E-state index in [9.17, 15) is 14.7 Å². The molecule has 0 aliphatic carbocycles. The van der Waals surface area contributed by atoms with E-state index in [0.29, 0.717) is 12.2 Å². The Bertz CT molecular complexity index is 1060. The van der Waals surface area contributed by atoms with Crippen molar-refractivity contribution in [2.75, 3.05) is 16.0 Å². The van der Waals surface area contributed by atoms with Gasteiger partial charge in [0.15, 0.2) is 0 Å². The number of nitrogens with two attached hydrogens (primary N) is 1. The van der Waals surface area contributed by atoms with Gasteiger partial charge in [-0.15, -0.1) is 0 Å². The van der Waals surface area contributed by atoms with Gasteiger partial charge >= 0.3 is 0 Å². The van der Waals surface area contributed by atoms with Crippen LogP contribution in [0.15, 0.2) is 36.8 Å². The van der Waals surface area contributed by atoms with E-state index in [2.05, 4.69) is 31.0 Å². The summed E-state index contributed by atoms with van der Waals surface area (Å²) in [6.07, 6.45) is 4.80. The Balaban J connectivity index is 1.84. The predicted octanol–water partition coefficient (Wildman–Crippen LogP) is 1.33. The molecule has 2 amide bonds. The van der Waals surface area contributed by atoms with E-state index in [1.54, 1.807) is 24.0 Å². The highest BCUT2D eigenvalue weighted by Gasteiger charge is 2.14. The smallest absolute Gasteiger partial charge is 0.254 e. The Hall–Kier alpha value is -4.15. The van der Waals surface area contributed by atoms with Crippen molar-refractivity contribution in [3.63, 3.8) is 0 Å². The first-order valence-electron chi connectivity index (χ1n) is 8.57. The van der Waals surface area contributed by atoms with Gasteiger partial charge in [-0.3, -0.25) is 14.3 Å². The number of amides is 2. The molecule has 3 aromatic rings. The second-order valence-electron chi connectivity index (χ2n) is 6.23. The average Bonchev–Trinajstić information content (AvgIpc) is 3.07. The summed E-state index contributed by atoms with van der Waals surface area (Å²) in [6, 6.07) is 4.51. The number of aryl methyl sites for hydroxylation is 1. The number of carbonyl (C=O) groups excluding carboxylic acids is 2. The molecule has 0 bridgehead atoms. The normalized spacial score (nSPS) is 10.4. The van der Waals surface area contributed by atoms with Gasteiger partial charge in [-0.2, -0.15) is 10.1 Å². The minimum Gasteiger partial charge on any atom is -0.506 e. The Morgan fingerprint density at radius 2 is 2.07 bits per heavy atom. The zero-order valence-electron chi connectivity index (χ0n) is 15.8. The van der Waals surface area contributed by atoms with Crippen molar-refractivity contribution in [1.29, 1.82) is 0 Å². The van der Waals surface area contributed by atoms with Crippen molar-refractivity contribution in [2.24, 2.45) is 12.8 Å². The van der Waals surface area contributed by atoms with Gasteiger partial charge in [0, 0.05) is 44.2 Å². The quantitative estimate of drug-likeness (QED) is 0.295. The van der Waals surface area contributed by atoms with Gasteiger partial charge in [0.1, 0.15) is 11.6 Å². The average molecular weight is 396 g/mol. The molecule has 11 nitrogen and oxygen atoms in total. The highest BCUT2D eigenvalue weighted by molar-refractivity contribution is 5.97. The van der Waals surface area contributed by atoms with E-state index in [1.807, 2.05) is 6.20 Å². The summed E-state index contributed by atoms with van der Waals surface area (Å²) >= 11 is 0. The maximum atomic E-state index is 11.7. The number of benzene rings is 1. The van der Waals surface area contributed by atoms with Crippen LogP contribution in [0.25, 0.3) is 0 Å². The maximum Gasteiger partial charge on any atom is 0.254 e. The third-order valence-corrected chi connectivity index (χ3v) is 3.84. The highest BCUT2D eigenvalue weighted by atomic mass is 16.3. The number of phenolic OH excluding ortho intramolecular Hbond substituents is 1. The van der Waals surface area contributed by atoms with Gasteiger partial charge in [0.2, 0.25) is 11.9 Å². The minimum atomic E-state index is -0.680. The van der Waals surface area contributed by atoms with Crippen LogP contribution in [0.1, 0.15) is 22.8 Å². The van der Waals surface area contributed by atoms with Gasteiger partial charge in [-0.25, -0.2) is 4.98 Å². The van der Waals surface area contributed by atoms with Gasteiger partial charge in [-0.05, 0) is 18.2 Å². The van der Waals surface area contributed by atoms with Crippen molar-refractivity contribution >= 4 is 35.0 Å². The lowest BCUT2D eigenvalue weighted by Gasteiger charge is -2.12. The number of primary amides is 1. The van der Waals surface area contributed by atoms with E-state index >= 15 is 0 Å². The van der Waals surface area contributed by atoms with Crippen LogP contribution in [0.5, 0.6) is 5.75 Å². The number of aromatic hydroxyl groups is 1.